The van der Waals surface area contributed by atoms with Crippen LogP contribution in [0, 0.1) is 0 Å². The highest BCUT2D eigenvalue weighted by atomic mass is 32.1. The zero-order chi connectivity index (χ0) is 16.9. The Morgan fingerprint density at radius 3 is 2.88 bits per heavy atom. The quantitative estimate of drug-likeness (QED) is 0.743. The summed E-state index contributed by atoms with van der Waals surface area (Å²) in [4.78, 5) is 17.2. The molecule has 3 aromatic rings. The summed E-state index contributed by atoms with van der Waals surface area (Å²) in [6.45, 7) is 1.94. The van der Waals surface area contributed by atoms with Crippen LogP contribution in [0.25, 0.3) is 10.8 Å². The summed E-state index contributed by atoms with van der Waals surface area (Å²) < 4.78 is 10.3. The molecule has 0 bridgehead atoms. The summed E-state index contributed by atoms with van der Waals surface area (Å²) in [5.74, 6) is 1.34. The van der Waals surface area contributed by atoms with E-state index < -0.39 is 0 Å². The van der Waals surface area contributed by atoms with Gasteiger partial charge in [-0.05, 0) is 12.5 Å². The Morgan fingerprint density at radius 2 is 2.17 bits per heavy atom. The minimum absolute atomic E-state index is 0.0726. The first-order valence-electron chi connectivity index (χ1n) is 7.45. The maximum absolute atomic E-state index is 12.1. The van der Waals surface area contributed by atoms with Crippen molar-refractivity contribution in [3.63, 3.8) is 0 Å². The van der Waals surface area contributed by atoms with Gasteiger partial charge in [-0.25, -0.2) is 0 Å². The van der Waals surface area contributed by atoms with E-state index in [2.05, 4.69) is 15.5 Å². The van der Waals surface area contributed by atoms with Crippen molar-refractivity contribution in [2.45, 2.75) is 19.4 Å². The van der Waals surface area contributed by atoms with E-state index in [0.29, 0.717) is 11.7 Å². The molecule has 0 spiro atoms. The Bertz CT molecular complexity index is 813. The van der Waals surface area contributed by atoms with Crippen molar-refractivity contribution in [3.05, 3.63) is 53.2 Å². The topological polar surface area (TPSA) is 77.2 Å². The van der Waals surface area contributed by atoms with Crippen molar-refractivity contribution in [2.24, 2.45) is 0 Å². The van der Waals surface area contributed by atoms with Crippen LogP contribution < -0.4 is 10.1 Å². The van der Waals surface area contributed by atoms with E-state index in [4.69, 9.17) is 9.26 Å². The third kappa shape index (κ3) is 3.80. The molecule has 1 amide bonds. The van der Waals surface area contributed by atoms with E-state index in [9.17, 15) is 4.79 Å². The number of methoxy groups -OCH3 is 1. The first kappa shape index (κ1) is 16.2. The number of ether oxygens (including phenoxy) is 1. The monoisotopic (exact) mass is 343 g/mol. The van der Waals surface area contributed by atoms with Gasteiger partial charge in [0, 0.05) is 11.4 Å². The number of nitrogens with zero attached hydrogens (tertiary/aromatic N) is 2. The van der Waals surface area contributed by atoms with E-state index in [1.807, 2.05) is 48.7 Å². The lowest BCUT2D eigenvalue weighted by molar-refractivity contribution is -0.121. The van der Waals surface area contributed by atoms with Crippen LogP contribution in [0.3, 0.4) is 0 Å². The normalized spacial score (nSPS) is 11.9. The standard InChI is InChI=1S/C17H17N3O3S/c1-11(12-6-4-3-5-7-12)18-16(21)9-15-19-17(23-20-15)14-8-13(22-2)10-24-14/h3-8,10-11H,9H2,1-2H3,(H,18,21). The summed E-state index contributed by atoms with van der Waals surface area (Å²) in [6, 6.07) is 11.5. The number of hydrogen-bond donors (Lipinski definition) is 1. The molecule has 7 heteroatoms. The highest BCUT2D eigenvalue weighted by Gasteiger charge is 2.16. The van der Waals surface area contributed by atoms with Crippen LogP contribution in [-0.2, 0) is 11.2 Å². The zero-order valence-electron chi connectivity index (χ0n) is 13.4. The molecule has 1 unspecified atom stereocenters. The fourth-order valence-electron chi connectivity index (χ4n) is 2.23. The largest absolute Gasteiger partial charge is 0.496 e. The van der Waals surface area contributed by atoms with E-state index >= 15 is 0 Å². The molecule has 1 N–H and O–H groups in total. The average Bonchev–Trinajstić information content (AvgIpc) is 3.24. The minimum Gasteiger partial charge on any atom is -0.496 e. The molecule has 0 aliphatic heterocycles. The smallest absolute Gasteiger partial charge is 0.268 e. The minimum atomic E-state index is -0.150. The van der Waals surface area contributed by atoms with Crippen LogP contribution >= 0.6 is 11.3 Å². The second-order valence-electron chi connectivity index (χ2n) is 5.24. The highest BCUT2D eigenvalue weighted by Crippen LogP contribution is 2.29. The number of carbonyl (C=O) groups is 1. The molecule has 0 fully saturated rings. The van der Waals surface area contributed by atoms with Crippen LogP contribution in [-0.4, -0.2) is 23.2 Å². The van der Waals surface area contributed by atoms with Crippen LogP contribution in [0.1, 0.15) is 24.4 Å². The molecule has 6 nitrogen and oxygen atoms in total. The number of amides is 1. The van der Waals surface area contributed by atoms with Gasteiger partial charge >= 0.3 is 0 Å². The van der Waals surface area contributed by atoms with E-state index in [1.54, 1.807) is 7.11 Å². The van der Waals surface area contributed by atoms with Gasteiger partial charge in [-0.2, -0.15) is 4.98 Å². The molecule has 3 rings (SSSR count). The van der Waals surface area contributed by atoms with Crippen molar-refractivity contribution in [1.82, 2.24) is 15.5 Å². The van der Waals surface area contributed by atoms with Gasteiger partial charge in [0.15, 0.2) is 5.82 Å². The number of benzene rings is 1. The lowest BCUT2D eigenvalue weighted by Gasteiger charge is -2.13. The molecule has 0 radical (unpaired) electrons. The molecular formula is C17H17N3O3S. The number of aromatic nitrogens is 2. The maximum Gasteiger partial charge on any atom is 0.268 e. The predicted molar refractivity (Wildman–Crippen MR) is 90.9 cm³/mol. The molecule has 2 heterocycles. The van der Waals surface area contributed by atoms with Crippen molar-refractivity contribution < 1.29 is 14.1 Å². The number of rotatable bonds is 6. The summed E-state index contributed by atoms with van der Waals surface area (Å²) in [6.07, 6.45) is 0.0726. The average molecular weight is 343 g/mol. The maximum atomic E-state index is 12.1. The highest BCUT2D eigenvalue weighted by molar-refractivity contribution is 7.13. The fraction of sp³-hybridized carbons (Fsp3) is 0.235. The third-order valence-corrected chi connectivity index (χ3v) is 4.38. The van der Waals surface area contributed by atoms with Gasteiger partial charge in [-0.15, -0.1) is 11.3 Å². The van der Waals surface area contributed by atoms with Crippen molar-refractivity contribution in [3.8, 4) is 16.5 Å². The molecule has 0 saturated carbocycles. The second-order valence-corrected chi connectivity index (χ2v) is 6.15. The Labute approximate surface area is 143 Å². The third-order valence-electron chi connectivity index (χ3n) is 3.49. The molecule has 1 aromatic carbocycles. The van der Waals surface area contributed by atoms with Gasteiger partial charge in [0.25, 0.3) is 5.89 Å². The van der Waals surface area contributed by atoms with Gasteiger partial charge in [0.2, 0.25) is 5.91 Å². The Hall–Kier alpha value is -2.67. The van der Waals surface area contributed by atoms with E-state index in [1.165, 1.54) is 11.3 Å². The molecule has 2 aromatic heterocycles. The number of thiophene rings is 1. The Morgan fingerprint density at radius 1 is 1.38 bits per heavy atom. The van der Waals surface area contributed by atoms with Gasteiger partial charge in [0.1, 0.15) is 5.75 Å². The molecule has 0 aliphatic rings. The Balaban J connectivity index is 1.61. The van der Waals surface area contributed by atoms with E-state index in [-0.39, 0.29) is 18.4 Å². The van der Waals surface area contributed by atoms with Crippen molar-refractivity contribution >= 4 is 17.2 Å². The lowest BCUT2D eigenvalue weighted by Crippen LogP contribution is -2.28. The molecule has 124 valence electrons. The molecule has 24 heavy (non-hydrogen) atoms. The number of hydrogen-bond acceptors (Lipinski definition) is 6. The van der Waals surface area contributed by atoms with Crippen LogP contribution in [0.4, 0.5) is 0 Å². The lowest BCUT2D eigenvalue weighted by atomic mass is 10.1. The Kier molecular flexibility index (Phi) is 4.90. The summed E-state index contributed by atoms with van der Waals surface area (Å²) in [5, 5.41) is 8.65. The van der Waals surface area contributed by atoms with Gasteiger partial charge < -0.3 is 14.6 Å². The first-order chi connectivity index (χ1) is 11.7. The van der Waals surface area contributed by atoms with Gasteiger partial charge in [-0.3, -0.25) is 4.79 Å². The van der Waals surface area contributed by atoms with Gasteiger partial charge in [-0.1, -0.05) is 35.5 Å². The SMILES string of the molecule is COc1csc(-c2nc(CC(=O)NC(C)c3ccccc3)no2)c1. The molecule has 1 atom stereocenters. The van der Waals surface area contributed by atoms with Crippen LogP contribution in [0.5, 0.6) is 5.75 Å². The van der Waals surface area contributed by atoms with Crippen molar-refractivity contribution in [2.75, 3.05) is 7.11 Å². The summed E-state index contributed by atoms with van der Waals surface area (Å²) in [7, 11) is 1.60. The number of nitrogens with one attached hydrogen (secondary N) is 1. The predicted octanol–water partition coefficient (Wildman–Crippen LogP) is 3.23. The summed E-state index contributed by atoms with van der Waals surface area (Å²) >= 11 is 1.45. The van der Waals surface area contributed by atoms with Crippen LogP contribution in [0.2, 0.25) is 0 Å². The number of carbonyl (C=O) groups excluding carboxylic acids is 1. The molecule has 0 saturated heterocycles. The first-order valence-corrected chi connectivity index (χ1v) is 8.33. The van der Waals surface area contributed by atoms with Crippen molar-refractivity contribution in [1.29, 1.82) is 0 Å². The zero-order valence-corrected chi connectivity index (χ0v) is 14.2. The van der Waals surface area contributed by atoms with Gasteiger partial charge in [0.05, 0.1) is 24.4 Å². The van der Waals surface area contributed by atoms with Crippen LogP contribution in [0.15, 0.2) is 46.3 Å². The second kappa shape index (κ2) is 7.27. The van der Waals surface area contributed by atoms with E-state index in [0.717, 1.165) is 16.2 Å². The summed E-state index contributed by atoms with van der Waals surface area (Å²) in [5.41, 5.74) is 1.05. The fourth-order valence-corrected chi connectivity index (χ4v) is 3.00. The molecule has 0 aliphatic carbocycles. The molecular weight excluding hydrogens is 326 g/mol.